The minimum absolute atomic E-state index is 0.0356. The highest BCUT2D eigenvalue weighted by Gasteiger charge is 2.66. The van der Waals surface area contributed by atoms with Gasteiger partial charge >= 0.3 is 0 Å². The van der Waals surface area contributed by atoms with Crippen LogP contribution >= 0.6 is 7.05 Å². The van der Waals surface area contributed by atoms with Gasteiger partial charge in [-0.25, -0.2) is 8.42 Å². The summed E-state index contributed by atoms with van der Waals surface area (Å²) in [6.45, 7) is 18.1. The summed E-state index contributed by atoms with van der Waals surface area (Å²) in [5.74, 6) is 0.498. The van der Waals surface area contributed by atoms with Crippen molar-refractivity contribution in [1.82, 2.24) is 0 Å². The summed E-state index contributed by atoms with van der Waals surface area (Å²) < 4.78 is 41.9. The van der Waals surface area contributed by atoms with Gasteiger partial charge in [0, 0.05) is 17.8 Å². The molecule has 7 heteroatoms. The second kappa shape index (κ2) is 10.7. The summed E-state index contributed by atoms with van der Waals surface area (Å²) in [7, 11) is -8.80. The van der Waals surface area contributed by atoms with Gasteiger partial charge in [0.25, 0.3) is 10.0 Å². The highest BCUT2D eigenvalue weighted by Crippen LogP contribution is 2.68. The average Bonchev–Trinajstić information content (AvgIpc) is 3.30. The number of rotatable bonds is 7. The molecule has 0 radical (unpaired) electrons. The van der Waals surface area contributed by atoms with Crippen LogP contribution in [0.25, 0.3) is 21.5 Å². The minimum Gasteiger partial charge on any atom is -0.413 e. The van der Waals surface area contributed by atoms with E-state index in [4.69, 9.17) is 8.58 Å². The molecule has 2 unspecified atom stereocenters. The number of hydrogen-bond acceptors (Lipinski definition) is 3. The van der Waals surface area contributed by atoms with E-state index < -0.39 is 30.8 Å². The van der Waals surface area contributed by atoms with E-state index in [-0.39, 0.29) is 22.3 Å². The Hall–Kier alpha value is -2.24. The van der Waals surface area contributed by atoms with E-state index in [2.05, 4.69) is 96.8 Å². The van der Waals surface area contributed by atoms with E-state index in [0.717, 1.165) is 51.4 Å². The first kappa shape index (κ1) is 31.7. The number of benzene rings is 4. The van der Waals surface area contributed by atoms with Gasteiger partial charge in [0.1, 0.15) is 0 Å². The lowest BCUT2D eigenvalue weighted by Gasteiger charge is -2.47. The predicted molar refractivity (Wildman–Crippen MR) is 192 cm³/mol. The fourth-order valence-electron chi connectivity index (χ4n) is 8.04. The molecule has 2 saturated carbocycles. The van der Waals surface area contributed by atoms with Gasteiger partial charge in [-0.1, -0.05) is 113 Å². The van der Waals surface area contributed by atoms with Gasteiger partial charge in [-0.3, -0.25) is 0 Å². The first-order valence-corrected chi connectivity index (χ1v) is 22.7. The van der Waals surface area contributed by atoms with Gasteiger partial charge in [0.05, 0.1) is 11.9 Å². The van der Waals surface area contributed by atoms with Crippen molar-refractivity contribution in [2.24, 2.45) is 20.9 Å². The SMILES string of the molecule is CC1(C)[C@@H]2CC[C@@]1(CS(=O)(=O)N=P(C)(c1ccccc1)c1c3ccccc3cc3ccccc13)C(O[Si](C)(C)C(C)(C)C)C2. The Kier molecular flexibility index (Phi) is 7.68. The zero-order chi connectivity index (χ0) is 31.8. The maximum atomic E-state index is 14.8. The molecule has 4 aromatic carbocycles. The Morgan fingerprint density at radius 1 is 0.909 bits per heavy atom. The molecule has 6 rings (SSSR count). The van der Waals surface area contributed by atoms with Crippen molar-refractivity contribution in [3.63, 3.8) is 0 Å². The van der Waals surface area contributed by atoms with Crippen LogP contribution in [-0.2, 0) is 14.4 Å². The maximum Gasteiger partial charge on any atom is 0.253 e. The molecule has 0 heterocycles. The summed E-state index contributed by atoms with van der Waals surface area (Å²) in [6, 6.07) is 29.0. The molecule has 2 fully saturated rings. The van der Waals surface area contributed by atoms with E-state index in [0.29, 0.717) is 5.92 Å². The Bertz CT molecular complexity index is 1840. The molecule has 4 nitrogen and oxygen atoms in total. The lowest BCUT2D eigenvalue weighted by molar-refractivity contribution is 0.0237. The van der Waals surface area contributed by atoms with Gasteiger partial charge in [-0.05, 0) is 88.3 Å². The van der Waals surface area contributed by atoms with Gasteiger partial charge in [0.15, 0.2) is 8.32 Å². The molecule has 0 N–H and O–H groups in total. The fourth-order valence-corrected chi connectivity index (χ4v) is 16.1. The molecule has 2 aliphatic carbocycles. The lowest BCUT2D eigenvalue weighted by atomic mass is 9.70. The molecule has 0 amide bonds. The van der Waals surface area contributed by atoms with Crippen molar-refractivity contribution >= 4 is 57.5 Å². The van der Waals surface area contributed by atoms with Crippen LogP contribution in [0.3, 0.4) is 0 Å². The topological polar surface area (TPSA) is 55.7 Å². The number of sulfonamides is 1. The van der Waals surface area contributed by atoms with Crippen LogP contribution in [0.2, 0.25) is 18.1 Å². The van der Waals surface area contributed by atoms with Gasteiger partial charge in [0.2, 0.25) is 0 Å². The van der Waals surface area contributed by atoms with Crippen LogP contribution in [0.15, 0.2) is 89.1 Å². The Morgan fingerprint density at radius 2 is 1.45 bits per heavy atom. The largest absolute Gasteiger partial charge is 0.413 e. The maximum absolute atomic E-state index is 14.8. The van der Waals surface area contributed by atoms with Crippen LogP contribution in [-0.4, -0.2) is 35.3 Å². The molecule has 0 aliphatic heterocycles. The van der Waals surface area contributed by atoms with Crippen molar-refractivity contribution in [2.45, 2.75) is 78.1 Å². The molecule has 0 aromatic heterocycles. The van der Waals surface area contributed by atoms with Crippen LogP contribution in [0, 0.1) is 16.7 Å². The molecule has 4 atom stereocenters. The molecular weight excluding hydrogens is 598 g/mol. The summed E-state index contributed by atoms with van der Waals surface area (Å²) >= 11 is 0. The average molecular weight is 646 g/mol. The van der Waals surface area contributed by atoms with Gasteiger partial charge in [-0.15, -0.1) is 0 Å². The second-order valence-corrected chi connectivity index (χ2v) is 25.2. The Morgan fingerprint density at radius 3 is 2.00 bits per heavy atom. The second-order valence-electron chi connectivity index (χ2n) is 15.5. The van der Waals surface area contributed by atoms with Gasteiger partial charge in [-0.2, -0.15) is 4.15 Å². The molecular formula is C37H48NO3PSSi. The molecule has 234 valence electrons. The quantitative estimate of drug-likeness (QED) is 0.114. The predicted octanol–water partition coefficient (Wildman–Crippen LogP) is 9.32. The minimum atomic E-state index is -3.89. The number of fused-ring (bicyclic) bond motifs is 4. The highest BCUT2D eigenvalue weighted by atomic mass is 32.2. The fraction of sp³-hybridized carbons (Fsp3) is 0.459. The molecule has 0 spiro atoms. The number of nitrogens with zero attached hydrogens (tertiary/aromatic N) is 1. The van der Waals surface area contributed by atoms with E-state index in [1.165, 1.54) is 0 Å². The van der Waals surface area contributed by atoms with Crippen LogP contribution in [0.5, 0.6) is 0 Å². The smallest absolute Gasteiger partial charge is 0.253 e. The van der Waals surface area contributed by atoms with Gasteiger partial charge < -0.3 is 4.43 Å². The van der Waals surface area contributed by atoms with Crippen molar-refractivity contribution in [2.75, 3.05) is 12.4 Å². The highest BCUT2D eigenvalue weighted by molar-refractivity contribution is 7.97. The van der Waals surface area contributed by atoms with E-state index >= 15 is 0 Å². The van der Waals surface area contributed by atoms with Crippen molar-refractivity contribution < 1.29 is 12.8 Å². The monoisotopic (exact) mass is 645 g/mol. The van der Waals surface area contributed by atoms with Crippen LogP contribution in [0.1, 0.15) is 53.9 Å². The summed E-state index contributed by atoms with van der Waals surface area (Å²) in [5, 5.41) is 6.43. The summed E-state index contributed by atoms with van der Waals surface area (Å²) in [4.78, 5) is 0. The molecule has 2 aliphatic rings. The number of hydrogen-bond donors (Lipinski definition) is 0. The zero-order valence-electron chi connectivity index (χ0n) is 27.6. The van der Waals surface area contributed by atoms with E-state index in [1.54, 1.807) is 0 Å². The third kappa shape index (κ3) is 5.05. The third-order valence-corrected chi connectivity index (χ3v) is 22.1. The van der Waals surface area contributed by atoms with E-state index in [1.807, 2.05) is 42.5 Å². The summed E-state index contributed by atoms with van der Waals surface area (Å²) in [5.41, 5.74) is -0.603. The van der Waals surface area contributed by atoms with Crippen molar-refractivity contribution in [3.8, 4) is 0 Å². The molecule has 4 aromatic rings. The molecule has 44 heavy (non-hydrogen) atoms. The Labute approximate surface area is 265 Å². The molecule has 0 saturated heterocycles. The standard InChI is InChI=1S/C37H48NO3PSSi/c1-35(2,3)44(7,8)41-33-25-29-22-23-37(33,36(29,4)5)26-43(39,40)38-42(6,30-18-10-9-11-19-30)34-31-20-14-12-16-27(31)24-28-17-13-15-21-32(28)34/h9-21,24,29,33H,22-23,25-26H2,1-8H3/t29-,33?,37-,42?/m1/s1. The first-order valence-electron chi connectivity index (χ1n) is 16.0. The zero-order valence-corrected chi connectivity index (χ0v) is 30.3. The normalized spacial score (nSPS) is 24.9. The molecule has 2 bridgehead atoms. The van der Waals surface area contributed by atoms with Crippen molar-refractivity contribution in [3.05, 3.63) is 84.9 Å². The van der Waals surface area contributed by atoms with Crippen LogP contribution in [0.4, 0.5) is 0 Å². The van der Waals surface area contributed by atoms with Crippen LogP contribution < -0.4 is 10.6 Å². The lowest BCUT2D eigenvalue weighted by Crippen LogP contribution is -2.52. The summed E-state index contributed by atoms with van der Waals surface area (Å²) in [6.07, 6.45) is 2.80. The van der Waals surface area contributed by atoms with E-state index in [9.17, 15) is 8.42 Å². The third-order valence-electron chi connectivity index (χ3n) is 11.8. The van der Waals surface area contributed by atoms with Crippen molar-refractivity contribution in [1.29, 1.82) is 0 Å². The first-order chi connectivity index (χ1) is 20.5. The Balaban J connectivity index is 1.56.